The van der Waals surface area contributed by atoms with Crippen LogP contribution in [-0.2, 0) is 0 Å². The second kappa shape index (κ2) is 6.11. The predicted molar refractivity (Wildman–Crippen MR) is 91.2 cm³/mol. The third-order valence-electron chi connectivity index (χ3n) is 4.65. The molecule has 1 aromatic heterocycles. The fourth-order valence-electron chi connectivity index (χ4n) is 3.39. The fourth-order valence-corrected chi connectivity index (χ4v) is 3.68. The van der Waals surface area contributed by atoms with E-state index in [1.165, 1.54) is 18.6 Å². The van der Waals surface area contributed by atoms with E-state index in [-0.39, 0.29) is 11.2 Å². The average Bonchev–Trinajstić information content (AvgIpc) is 3.22. The predicted octanol–water partition coefficient (Wildman–Crippen LogP) is 3.16. The highest BCUT2D eigenvalue weighted by molar-refractivity contribution is 7.80. The van der Waals surface area contributed by atoms with Crippen molar-refractivity contribution in [2.75, 3.05) is 13.1 Å². The second-order valence-corrected chi connectivity index (χ2v) is 6.76. The number of rotatable bonds is 4. The van der Waals surface area contributed by atoms with Crippen molar-refractivity contribution in [1.82, 2.24) is 20.6 Å². The number of nitrogens with one attached hydrogen (secondary N) is 2. The molecule has 0 radical (unpaired) electrons. The Labute approximate surface area is 140 Å². The molecule has 1 saturated heterocycles. The Kier molecular flexibility index (Phi) is 3.97. The second-order valence-electron chi connectivity index (χ2n) is 6.24. The number of fused-ring (bicyclic) bond motifs is 1. The van der Waals surface area contributed by atoms with E-state index in [0.717, 1.165) is 36.0 Å². The van der Waals surface area contributed by atoms with Crippen LogP contribution in [0.25, 0.3) is 11.3 Å². The molecule has 3 unspecified atom stereocenters. The van der Waals surface area contributed by atoms with E-state index in [4.69, 9.17) is 0 Å². The van der Waals surface area contributed by atoms with Gasteiger partial charge in [0, 0.05) is 18.7 Å². The summed E-state index contributed by atoms with van der Waals surface area (Å²) in [6.45, 7) is 2.07. The first kappa shape index (κ1) is 14.9. The highest BCUT2D eigenvalue weighted by Crippen LogP contribution is 2.32. The minimum absolute atomic E-state index is 0.139. The Morgan fingerprint density at radius 1 is 1.30 bits per heavy atom. The summed E-state index contributed by atoms with van der Waals surface area (Å²) in [6.07, 6.45) is 5.79. The SMILES string of the molecule is Fc1ccc(-c2cc(C(S)NN3CC4C=CCC4C3)[nH]n2)cc1. The van der Waals surface area contributed by atoms with Crippen LogP contribution in [0.4, 0.5) is 4.39 Å². The van der Waals surface area contributed by atoms with Crippen molar-refractivity contribution in [3.8, 4) is 11.3 Å². The normalized spacial score (nSPS) is 25.0. The molecule has 1 aliphatic carbocycles. The smallest absolute Gasteiger partial charge is 0.123 e. The molecule has 2 aromatic rings. The molecule has 1 aromatic carbocycles. The summed E-state index contributed by atoms with van der Waals surface area (Å²) in [7, 11) is 0. The Balaban J connectivity index is 1.42. The quantitative estimate of drug-likeness (QED) is 0.458. The lowest BCUT2D eigenvalue weighted by Gasteiger charge is -2.21. The third-order valence-corrected chi connectivity index (χ3v) is 5.04. The number of hydrogen-bond donors (Lipinski definition) is 3. The van der Waals surface area contributed by atoms with Gasteiger partial charge in [0.1, 0.15) is 11.2 Å². The molecule has 6 heteroatoms. The molecular formula is C17H19FN4S. The van der Waals surface area contributed by atoms with Crippen molar-refractivity contribution in [1.29, 1.82) is 0 Å². The van der Waals surface area contributed by atoms with E-state index < -0.39 is 0 Å². The number of allylic oxidation sites excluding steroid dienone is 1. The van der Waals surface area contributed by atoms with Gasteiger partial charge in [0.05, 0.1) is 11.4 Å². The highest BCUT2D eigenvalue weighted by Gasteiger charge is 2.33. The van der Waals surface area contributed by atoms with Crippen LogP contribution in [0.5, 0.6) is 0 Å². The van der Waals surface area contributed by atoms with E-state index in [0.29, 0.717) is 5.92 Å². The van der Waals surface area contributed by atoms with Gasteiger partial charge in [0.25, 0.3) is 0 Å². The molecule has 23 heavy (non-hydrogen) atoms. The number of H-pyrrole nitrogens is 1. The lowest BCUT2D eigenvalue weighted by molar-refractivity contribution is 0.216. The number of aromatic amines is 1. The van der Waals surface area contributed by atoms with Gasteiger partial charge in [-0.25, -0.2) is 14.8 Å². The van der Waals surface area contributed by atoms with Gasteiger partial charge in [0.15, 0.2) is 0 Å². The summed E-state index contributed by atoms with van der Waals surface area (Å²) in [6, 6.07) is 8.29. The minimum atomic E-state index is -0.244. The van der Waals surface area contributed by atoms with Crippen molar-refractivity contribution in [3.63, 3.8) is 0 Å². The number of hydrogen-bond acceptors (Lipinski definition) is 4. The highest BCUT2D eigenvalue weighted by atomic mass is 32.1. The zero-order valence-electron chi connectivity index (χ0n) is 12.6. The number of thiol groups is 1. The first-order valence-corrected chi connectivity index (χ1v) is 8.38. The van der Waals surface area contributed by atoms with Crippen molar-refractivity contribution in [2.45, 2.75) is 11.8 Å². The summed E-state index contributed by atoms with van der Waals surface area (Å²) in [5.41, 5.74) is 6.01. The standard InChI is InChI=1S/C17H19FN4S/c18-14-6-4-11(5-7-14)15-8-16(20-19-15)17(23)21-22-9-12-2-1-3-13(12)10-22/h1-2,4-8,12-13,17,21,23H,3,9-10H2,(H,19,20). The van der Waals surface area contributed by atoms with Crippen molar-refractivity contribution >= 4 is 12.6 Å². The molecule has 0 spiro atoms. The number of hydrazine groups is 1. The lowest BCUT2D eigenvalue weighted by Crippen LogP contribution is -2.37. The maximum absolute atomic E-state index is 13.0. The summed E-state index contributed by atoms with van der Waals surface area (Å²) in [4.78, 5) is 0. The first-order chi connectivity index (χ1) is 11.2. The van der Waals surface area contributed by atoms with Crippen LogP contribution in [0.2, 0.25) is 0 Å². The van der Waals surface area contributed by atoms with E-state index in [1.54, 1.807) is 12.1 Å². The first-order valence-electron chi connectivity index (χ1n) is 7.86. The Hall–Kier alpha value is -1.63. The lowest BCUT2D eigenvalue weighted by atomic mass is 10.0. The number of nitrogens with zero attached hydrogens (tertiary/aromatic N) is 2. The van der Waals surface area contributed by atoms with Gasteiger partial charge in [-0.15, -0.1) is 0 Å². The summed E-state index contributed by atoms with van der Waals surface area (Å²) in [5, 5.41) is 9.43. The fraction of sp³-hybridized carbons (Fsp3) is 0.353. The molecule has 2 aliphatic rings. The molecule has 0 bridgehead atoms. The van der Waals surface area contributed by atoms with Gasteiger partial charge in [-0.2, -0.15) is 17.7 Å². The summed E-state index contributed by atoms with van der Waals surface area (Å²) < 4.78 is 13.0. The van der Waals surface area contributed by atoms with Gasteiger partial charge in [-0.1, -0.05) is 12.2 Å². The van der Waals surface area contributed by atoms with E-state index in [2.05, 4.69) is 45.4 Å². The van der Waals surface area contributed by atoms with Gasteiger partial charge >= 0.3 is 0 Å². The number of benzene rings is 1. The molecule has 0 amide bonds. The molecular weight excluding hydrogens is 311 g/mol. The molecule has 2 heterocycles. The Bertz CT molecular complexity index is 712. The molecule has 1 fully saturated rings. The Morgan fingerprint density at radius 2 is 2.13 bits per heavy atom. The summed E-state index contributed by atoms with van der Waals surface area (Å²) >= 11 is 4.64. The largest absolute Gasteiger partial charge is 0.279 e. The van der Waals surface area contributed by atoms with Gasteiger partial charge in [-0.05, 0) is 48.6 Å². The summed E-state index contributed by atoms with van der Waals surface area (Å²) in [5.74, 6) is 1.16. The maximum Gasteiger partial charge on any atom is 0.123 e. The monoisotopic (exact) mass is 330 g/mol. The number of aromatic nitrogens is 2. The van der Waals surface area contributed by atoms with Crippen LogP contribution in [0.1, 0.15) is 17.5 Å². The topological polar surface area (TPSA) is 44.0 Å². The molecule has 0 saturated carbocycles. The zero-order chi connectivity index (χ0) is 15.8. The van der Waals surface area contributed by atoms with E-state index in [1.807, 2.05) is 6.07 Å². The molecule has 1 aliphatic heterocycles. The van der Waals surface area contributed by atoms with Crippen molar-refractivity contribution in [2.24, 2.45) is 11.8 Å². The minimum Gasteiger partial charge on any atom is -0.279 e. The van der Waals surface area contributed by atoms with Gasteiger partial charge in [0.2, 0.25) is 0 Å². The van der Waals surface area contributed by atoms with Crippen LogP contribution < -0.4 is 5.43 Å². The maximum atomic E-state index is 13.0. The molecule has 4 rings (SSSR count). The molecule has 3 atom stereocenters. The van der Waals surface area contributed by atoms with Crippen molar-refractivity contribution in [3.05, 3.63) is 54.0 Å². The van der Waals surface area contributed by atoms with Crippen LogP contribution in [0, 0.1) is 17.7 Å². The number of halogens is 1. The van der Waals surface area contributed by atoms with Crippen LogP contribution in [0.15, 0.2) is 42.5 Å². The average molecular weight is 330 g/mol. The van der Waals surface area contributed by atoms with Crippen LogP contribution in [-0.4, -0.2) is 28.3 Å². The van der Waals surface area contributed by atoms with Crippen molar-refractivity contribution < 1.29 is 4.39 Å². The molecule has 4 nitrogen and oxygen atoms in total. The molecule has 2 N–H and O–H groups in total. The van der Waals surface area contributed by atoms with E-state index in [9.17, 15) is 4.39 Å². The third kappa shape index (κ3) is 3.06. The Morgan fingerprint density at radius 3 is 2.91 bits per heavy atom. The zero-order valence-corrected chi connectivity index (χ0v) is 13.5. The van der Waals surface area contributed by atoms with Gasteiger partial charge in [-0.3, -0.25) is 5.10 Å². The van der Waals surface area contributed by atoms with Crippen LogP contribution >= 0.6 is 12.6 Å². The van der Waals surface area contributed by atoms with E-state index >= 15 is 0 Å². The van der Waals surface area contributed by atoms with Gasteiger partial charge < -0.3 is 0 Å². The molecule has 120 valence electrons. The van der Waals surface area contributed by atoms with Crippen LogP contribution in [0.3, 0.4) is 0 Å².